The zero-order valence-corrected chi connectivity index (χ0v) is 18.4. The van der Waals surface area contributed by atoms with Crippen LogP contribution in [0.15, 0.2) is 18.2 Å². The Hall–Kier alpha value is -2.50. The van der Waals surface area contributed by atoms with Crippen LogP contribution in [0.2, 0.25) is 0 Å². The van der Waals surface area contributed by atoms with Gasteiger partial charge >= 0.3 is 18.4 Å². The summed E-state index contributed by atoms with van der Waals surface area (Å²) >= 11 is 0. The minimum Gasteiger partial charge on any atom is -0.342 e. The van der Waals surface area contributed by atoms with Gasteiger partial charge in [0.15, 0.2) is 0 Å². The number of hydrogen-bond acceptors (Lipinski definition) is 3. The standard InChI is InChI=1S/C22H28F6N4O2/c23-21(24,25)14-9-15(22(26,27)28)11-16(10-14)31-20(34)30-12-13-5-7-32(8-6-13)19(33)17-3-1-2-4-18(17)29/h9-11,13,17-18H,1-8,12,29H2,(H2,30,31,34)/t17-,18-/m1/s1. The van der Waals surface area contributed by atoms with Crippen LogP contribution >= 0.6 is 0 Å². The molecule has 0 spiro atoms. The number of carbonyl (C=O) groups excluding carboxylic acids is 2. The molecule has 2 atom stereocenters. The maximum absolute atomic E-state index is 13.0. The second-order valence-electron chi connectivity index (χ2n) is 8.95. The van der Waals surface area contributed by atoms with Crippen LogP contribution in [0.25, 0.3) is 0 Å². The van der Waals surface area contributed by atoms with E-state index in [0.717, 1.165) is 25.7 Å². The number of piperidine rings is 1. The number of likely N-dealkylation sites (tertiary alicyclic amines) is 1. The number of benzene rings is 1. The van der Waals surface area contributed by atoms with Crippen LogP contribution in [0.4, 0.5) is 36.8 Å². The highest BCUT2D eigenvalue weighted by molar-refractivity contribution is 5.89. The Kier molecular flexibility index (Phi) is 7.99. The number of halogens is 6. The SMILES string of the molecule is N[C@@H]1CCCC[C@H]1C(=O)N1CCC(CNC(=O)Nc2cc(C(F)(F)F)cc(C(F)(F)F)c2)CC1. The van der Waals surface area contributed by atoms with E-state index in [9.17, 15) is 35.9 Å². The van der Waals surface area contributed by atoms with Gasteiger partial charge in [0.1, 0.15) is 0 Å². The highest BCUT2D eigenvalue weighted by atomic mass is 19.4. The predicted molar refractivity (Wildman–Crippen MR) is 113 cm³/mol. The lowest BCUT2D eigenvalue weighted by molar-refractivity contribution is -0.143. The Morgan fingerprint density at radius 3 is 2.00 bits per heavy atom. The summed E-state index contributed by atoms with van der Waals surface area (Å²) < 4.78 is 77.8. The van der Waals surface area contributed by atoms with Crippen LogP contribution in [0.1, 0.15) is 49.7 Å². The summed E-state index contributed by atoms with van der Waals surface area (Å²) in [5, 5.41) is 4.55. The molecule has 1 saturated heterocycles. The highest BCUT2D eigenvalue weighted by Crippen LogP contribution is 2.37. The maximum Gasteiger partial charge on any atom is 0.416 e. The van der Waals surface area contributed by atoms with Crippen LogP contribution < -0.4 is 16.4 Å². The van der Waals surface area contributed by atoms with E-state index in [4.69, 9.17) is 5.73 Å². The van der Waals surface area contributed by atoms with Crippen molar-refractivity contribution in [3.05, 3.63) is 29.3 Å². The van der Waals surface area contributed by atoms with Crippen molar-refractivity contribution in [3.8, 4) is 0 Å². The fourth-order valence-corrected chi connectivity index (χ4v) is 4.50. The van der Waals surface area contributed by atoms with E-state index < -0.39 is 35.2 Å². The van der Waals surface area contributed by atoms with Gasteiger partial charge in [-0.1, -0.05) is 12.8 Å². The fraction of sp³-hybridized carbons (Fsp3) is 0.636. The fourth-order valence-electron chi connectivity index (χ4n) is 4.50. The van der Waals surface area contributed by atoms with Gasteiger partial charge in [-0.2, -0.15) is 26.3 Å². The van der Waals surface area contributed by atoms with Gasteiger partial charge < -0.3 is 21.3 Å². The third kappa shape index (κ3) is 6.77. The molecule has 3 rings (SSSR count). The molecule has 0 radical (unpaired) electrons. The number of hydrogen-bond donors (Lipinski definition) is 3. The lowest BCUT2D eigenvalue weighted by Crippen LogP contribution is -2.49. The number of nitrogens with one attached hydrogen (secondary N) is 2. The number of anilines is 1. The van der Waals surface area contributed by atoms with Crippen molar-refractivity contribution in [3.63, 3.8) is 0 Å². The van der Waals surface area contributed by atoms with Gasteiger partial charge in [-0.05, 0) is 49.8 Å². The molecule has 1 saturated carbocycles. The van der Waals surface area contributed by atoms with Crippen LogP contribution in [0, 0.1) is 11.8 Å². The largest absolute Gasteiger partial charge is 0.416 e. The average Bonchev–Trinajstić information content (AvgIpc) is 2.76. The molecule has 1 aliphatic carbocycles. The molecule has 1 aliphatic heterocycles. The third-order valence-corrected chi connectivity index (χ3v) is 6.46. The van der Waals surface area contributed by atoms with E-state index in [-0.39, 0.29) is 36.4 Å². The van der Waals surface area contributed by atoms with Crippen LogP contribution in [0.5, 0.6) is 0 Å². The summed E-state index contributed by atoms with van der Waals surface area (Å²) in [6.07, 6.45) is -5.13. The molecule has 4 N–H and O–H groups in total. The van der Waals surface area contributed by atoms with Gasteiger partial charge in [-0.3, -0.25) is 4.79 Å². The summed E-state index contributed by atoms with van der Waals surface area (Å²) in [5.74, 6) is -0.0771. The first kappa shape index (κ1) is 26.1. The van der Waals surface area contributed by atoms with E-state index in [2.05, 4.69) is 10.6 Å². The van der Waals surface area contributed by atoms with Gasteiger partial charge in [-0.15, -0.1) is 0 Å². The molecule has 0 bridgehead atoms. The summed E-state index contributed by atoms with van der Waals surface area (Å²) in [6, 6.07) is -0.126. The Morgan fingerprint density at radius 1 is 0.912 bits per heavy atom. The number of amides is 3. The summed E-state index contributed by atoms with van der Waals surface area (Å²) in [5.41, 5.74) is 2.48. The molecular formula is C22H28F6N4O2. The molecule has 190 valence electrons. The number of urea groups is 1. The molecule has 1 aromatic rings. The quantitative estimate of drug-likeness (QED) is 0.535. The first-order valence-corrected chi connectivity index (χ1v) is 11.2. The van der Waals surface area contributed by atoms with Crippen molar-refractivity contribution in [2.24, 2.45) is 17.6 Å². The van der Waals surface area contributed by atoms with Crippen molar-refractivity contribution in [2.75, 3.05) is 25.0 Å². The second-order valence-corrected chi connectivity index (χ2v) is 8.95. The van der Waals surface area contributed by atoms with Crippen molar-refractivity contribution >= 4 is 17.6 Å². The topological polar surface area (TPSA) is 87.5 Å². The summed E-state index contributed by atoms with van der Waals surface area (Å²) in [6.45, 7) is 1.21. The maximum atomic E-state index is 13.0. The number of carbonyl (C=O) groups is 2. The van der Waals surface area contributed by atoms with Crippen molar-refractivity contribution in [1.29, 1.82) is 0 Å². The first-order chi connectivity index (χ1) is 15.8. The first-order valence-electron chi connectivity index (χ1n) is 11.2. The molecule has 12 heteroatoms. The van der Waals surface area contributed by atoms with Crippen LogP contribution in [0.3, 0.4) is 0 Å². The van der Waals surface area contributed by atoms with Crippen molar-refractivity contribution in [1.82, 2.24) is 10.2 Å². The zero-order chi connectivity index (χ0) is 25.1. The van der Waals surface area contributed by atoms with Gasteiger partial charge in [0, 0.05) is 31.4 Å². The summed E-state index contributed by atoms with van der Waals surface area (Å²) in [7, 11) is 0. The normalized spacial score (nSPS) is 22.4. The molecule has 34 heavy (non-hydrogen) atoms. The van der Waals surface area contributed by atoms with Gasteiger partial charge in [0.25, 0.3) is 0 Å². The number of alkyl halides is 6. The van der Waals surface area contributed by atoms with Crippen molar-refractivity contribution in [2.45, 2.75) is 56.9 Å². The molecule has 2 aliphatic rings. The highest BCUT2D eigenvalue weighted by Gasteiger charge is 2.37. The average molecular weight is 494 g/mol. The van der Waals surface area contributed by atoms with Crippen LogP contribution in [-0.2, 0) is 17.1 Å². The van der Waals surface area contributed by atoms with Gasteiger partial charge in [0.2, 0.25) is 5.91 Å². The monoisotopic (exact) mass is 494 g/mol. The molecule has 3 amide bonds. The van der Waals surface area contributed by atoms with E-state index in [1.165, 1.54) is 0 Å². The minimum absolute atomic E-state index is 0.00164. The van der Waals surface area contributed by atoms with Gasteiger partial charge in [-0.25, -0.2) is 4.79 Å². The molecule has 0 unspecified atom stereocenters. The van der Waals surface area contributed by atoms with E-state index in [1.54, 1.807) is 4.90 Å². The van der Waals surface area contributed by atoms with E-state index in [1.807, 2.05) is 0 Å². The molecule has 0 aromatic heterocycles. The van der Waals surface area contributed by atoms with E-state index in [0.29, 0.717) is 38.1 Å². The predicted octanol–water partition coefficient (Wildman–Crippen LogP) is 4.60. The number of nitrogens with two attached hydrogens (primary N) is 1. The third-order valence-electron chi connectivity index (χ3n) is 6.46. The minimum atomic E-state index is -5.00. The molecule has 6 nitrogen and oxygen atoms in total. The molecular weight excluding hydrogens is 466 g/mol. The Morgan fingerprint density at radius 2 is 1.47 bits per heavy atom. The number of rotatable bonds is 4. The Balaban J connectivity index is 1.51. The van der Waals surface area contributed by atoms with Gasteiger partial charge in [0.05, 0.1) is 17.0 Å². The van der Waals surface area contributed by atoms with E-state index >= 15 is 0 Å². The molecule has 1 aromatic carbocycles. The lowest BCUT2D eigenvalue weighted by Gasteiger charge is -2.37. The molecule has 2 fully saturated rings. The number of nitrogens with zero attached hydrogens (tertiary/aromatic N) is 1. The lowest BCUT2D eigenvalue weighted by atomic mass is 9.83. The second kappa shape index (κ2) is 10.4. The molecule has 1 heterocycles. The Bertz CT molecular complexity index is 849. The smallest absolute Gasteiger partial charge is 0.342 e. The van der Waals surface area contributed by atoms with Crippen molar-refractivity contribution < 1.29 is 35.9 Å². The van der Waals surface area contributed by atoms with Crippen LogP contribution in [-0.4, -0.2) is 42.5 Å². The Labute approximate surface area is 193 Å². The zero-order valence-electron chi connectivity index (χ0n) is 18.4. The summed E-state index contributed by atoms with van der Waals surface area (Å²) in [4.78, 5) is 26.7.